The smallest absolute Gasteiger partial charge is 0.247 e. The Balaban J connectivity index is 1.19. The van der Waals surface area contributed by atoms with Crippen molar-refractivity contribution in [2.24, 2.45) is 5.92 Å². The van der Waals surface area contributed by atoms with Gasteiger partial charge < -0.3 is 15.5 Å². The Kier molecular flexibility index (Phi) is 5.91. The molecule has 1 atom stereocenters. The molecule has 0 spiro atoms. The van der Waals surface area contributed by atoms with Gasteiger partial charge in [0.1, 0.15) is 0 Å². The zero-order valence-electron chi connectivity index (χ0n) is 17.9. The fraction of sp³-hybridized carbons (Fsp3) is 0.400. The number of para-hydroxylation sites is 1. The van der Waals surface area contributed by atoms with Crippen LogP contribution in [-0.4, -0.2) is 41.0 Å². The number of aryl methyl sites for hydroxylation is 1. The molecule has 3 amide bonds. The molecule has 1 saturated heterocycles. The second-order valence-corrected chi connectivity index (χ2v) is 9.87. The number of rotatable bonds is 3. The van der Waals surface area contributed by atoms with E-state index in [0.29, 0.717) is 25.9 Å². The Bertz CT molecular complexity index is 1060. The van der Waals surface area contributed by atoms with Gasteiger partial charge >= 0.3 is 0 Å². The second-order valence-electron chi connectivity index (χ2n) is 8.72. The number of hydrogen-bond donors (Lipinski definition) is 2. The van der Waals surface area contributed by atoms with Gasteiger partial charge in [-0.15, -0.1) is 11.8 Å². The summed E-state index contributed by atoms with van der Waals surface area (Å²) >= 11 is 1.31. The van der Waals surface area contributed by atoms with Crippen LogP contribution >= 0.6 is 11.8 Å². The molecule has 0 bridgehead atoms. The summed E-state index contributed by atoms with van der Waals surface area (Å²) in [6.07, 6.45) is 5.70. The highest BCUT2D eigenvalue weighted by Gasteiger charge is 2.37. The maximum Gasteiger partial charge on any atom is 0.247 e. The third-order valence-electron chi connectivity index (χ3n) is 6.68. The molecule has 2 aliphatic heterocycles. The van der Waals surface area contributed by atoms with Crippen molar-refractivity contribution in [1.29, 1.82) is 0 Å². The predicted molar refractivity (Wildman–Crippen MR) is 126 cm³/mol. The van der Waals surface area contributed by atoms with E-state index in [1.165, 1.54) is 29.3 Å². The summed E-state index contributed by atoms with van der Waals surface area (Å²) in [6, 6.07) is 13.7. The molecular formula is C25H27N3O3S. The second kappa shape index (κ2) is 8.98. The lowest BCUT2D eigenvalue weighted by Gasteiger charge is -2.34. The number of hydrogen-bond acceptors (Lipinski definition) is 4. The van der Waals surface area contributed by atoms with E-state index < -0.39 is 5.25 Å². The minimum Gasteiger partial charge on any atom is -0.341 e. The molecule has 2 aromatic rings. The van der Waals surface area contributed by atoms with E-state index in [1.54, 1.807) is 4.90 Å². The van der Waals surface area contributed by atoms with E-state index in [4.69, 9.17) is 0 Å². The van der Waals surface area contributed by atoms with Gasteiger partial charge in [-0.05, 0) is 67.9 Å². The molecule has 2 N–H and O–H groups in total. The lowest BCUT2D eigenvalue weighted by atomic mass is 9.90. The van der Waals surface area contributed by atoms with Crippen LogP contribution in [0, 0.1) is 5.92 Å². The Morgan fingerprint density at radius 3 is 2.62 bits per heavy atom. The monoisotopic (exact) mass is 449 g/mol. The van der Waals surface area contributed by atoms with Gasteiger partial charge in [0.05, 0.1) is 5.69 Å². The molecule has 1 fully saturated rings. The van der Waals surface area contributed by atoms with Crippen LogP contribution in [0.25, 0.3) is 0 Å². The molecule has 3 aliphatic rings. The van der Waals surface area contributed by atoms with E-state index in [0.717, 1.165) is 35.5 Å². The lowest BCUT2D eigenvalue weighted by Crippen LogP contribution is -2.48. The third-order valence-corrected chi connectivity index (χ3v) is 7.94. The van der Waals surface area contributed by atoms with Crippen LogP contribution < -0.4 is 10.6 Å². The molecule has 1 unspecified atom stereocenters. The summed E-state index contributed by atoms with van der Waals surface area (Å²) in [6.45, 7) is 0.992. The molecule has 166 valence electrons. The van der Waals surface area contributed by atoms with Crippen LogP contribution in [0.15, 0.2) is 47.4 Å². The molecule has 7 heteroatoms. The van der Waals surface area contributed by atoms with Crippen LogP contribution in [0.4, 0.5) is 11.4 Å². The Hall–Kier alpha value is -2.80. The summed E-state index contributed by atoms with van der Waals surface area (Å²) in [7, 11) is 0. The molecule has 2 heterocycles. The Morgan fingerprint density at radius 2 is 1.78 bits per heavy atom. The van der Waals surface area contributed by atoms with Gasteiger partial charge in [-0.2, -0.15) is 0 Å². The van der Waals surface area contributed by atoms with Gasteiger partial charge in [0.25, 0.3) is 0 Å². The number of amides is 3. The number of nitrogens with zero attached hydrogens (tertiary/aromatic N) is 1. The Morgan fingerprint density at radius 1 is 1.00 bits per heavy atom. The van der Waals surface area contributed by atoms with Gasteiger partial charge in [0.15, 0.2) is 5.25 Å². The number of carbonyl (C=O) groups excluding carboxylic acids is 3. The molecule has 6 nitrogen and oxygen atoms in total. The van der Waals surface area contributed by atoms with Gasteiger partial charge in [0.2, 0.25) is 17.7 Å². The van der Waals surface area contributed by atoms with Crippen LogP contribution in [0.5, 0.6) is 0 Å². The summed E-state index contributed by atoms with van der Waals surface area (Å²) in [4.78, 5) is 41.1. The maximum atomic E-state index is 13.0. The first-order chi connectivity index (χ1) is 15.6. The van der Waals surface area contributed by atoms with Crippen LogP contribution in [0.3, 0.4) is 0 Å². The first kappa shape index (κ1) is 21.1. The summed E-state index contributed by atoms with van der Waals surface area (Å²) in [5.41, 5.74) is 4.32. The fourth-order valence-corrected chi connectivity index (χ4v) is 5.95. The molecule has 0 aromatic heterocycles. The van der Waals surface area contributed by atoms with Gasteiger partial charge in [-0.3, -0.25) is 14.4 Å². The number of fused-ring (bicyclic) bond motifs is 2. The molecular weight excluding hydrogens is 422 g/mol. The van der Waals surface area contributed by atoms with E-state index in [-0.39, 0.29) is 23.6 Å². The van der Waals surface area contributed by atoms with E-state index in [9.17, 15) is 14.4 Å². The largest absolute Gasteiger partial charge is 0.341 e. The van der Waals surface area contributed by atoms with Gasteiger partial charge in [-0.1, -0.05) is 24.3 Å². The normalized spacial score (nSPS) is 20.7. The number of piperidine rings is 1. The van der Waals surface area contributed by atoms with Crippen molar-refractivity contribution in [1.82, 2.24) is 4.90 Å². The summed E-state index contributed by atoms with van der Waals surface area (Å²) in [5.74, 6) is -0.521. The van der Waals surface area contributed by atoms with E-state index in [1.807, 2.05) is 36.4 Å². The number of benzene rings is 2. The summed E-state index contributed by atoms with van der Waals surface area (Å²) in [5, 5.41) is 5.22. The number of anilines is 2. The number of nitrogens with one attached hydrogen (secondary N) is 2. The quantitative estimate of drug-likeness (QED) is 0.698. The SMILES string of the molecule is O=C(Nc1cccc2c1CCCC2)C1CCN(C(=O)C2Sc3ccccc3NC2=O)CC1. The molecule has 0 saturated carbocycles. The lowest BCUT2D eigenvalue weighted by molar-refractivity contribution is -0.136. The molecule has 2 aromatic carbocycles. The number of likely N-dealkylation sites (tertiary alicyclic amines) is 1. The molecule has 32 heavy (non-hydrogen) atoms. The maximum absolute atomic E-state index is 13.0. The van der Waals surface area contributed by atoms with E-state index in [2.05, 4.69) is 16.7 Å². The average molecular weight is 450 g/mol. The summed E-state index contributed by atoms with van der Waals surface area (Å²) < 4.78 is 0. The van der Waals surface area contributed by atoms with Gasteiger partial charge in [-0.25, -0.2) is 0 Å². The van der Waals surface area contributed by atoms with Crippen LogP contribution in [-0.2, 0) is 27.2 Å². The first-order valence-corrected chi connectivity index (χ1v) is 12.2. The molecule has 0 radical (unpaired) electrons. The van der Waals surface area contributed by atoms with Crippen molar-refractivity contribution in [3.8, 4) is 0 Å². The minimum absolute atomic E-state index is 0.0368. The van der Waals surface area contributed by atoms with Crippen molar-refractivity contribution in [3.05, 3.63) is 53.6 Å². The standard InChI is InChI=1S/C25H27N3O3S/c29-23(26-19-10-5-7-16-6-1-2-8-18(16)19)17-12-14-28(15-13-17)25(31)22-24(30)27-20-9-3-4-11-21(20)32-22/h3-5,7,9-11,17,22H,1-2,6,8,12-15H2,(H,26,29)(H,27,30). The first-order valence-electron chi connectivity index (χ1n) is 11.4. The number of carbonyl (C=O) groups is 3. The van der Waals surface area contributed by atoms with Gasteiger partial charge in [0, 0.05) is 29.6 Å². The molecule has 5 rings (SSSR count). The van der Waals surface area contributed by atoms with Crippen molar-refractivity contribution in [2.45, 2.75) is 48.7 Å². The zero-order valence-corrected chi connectivity index (χ0v) is 18.7. The third kappa shape index (κ3) is 4.13. The van der Waals surface area contributed by atoms with E-state index >= 15 is 0 Å². The van der Waals surface area contributed by atoms with Crippen molar-refractivity contribution < 1.29 is 14.4 Å². The highest BCUT2D eigenvalue weighted by atomic mass is 32.2. The highest BCUT2D eigenvalue weighted by molar-refractivity contribution is 8.01. The molecule has 1 aliphatic carbocycles. The zero-order chi connectivity index (χ0) is 22.1. The van der Waals surface area contributed by atoms with Crippen molar-refractivity contribution in [2.75, 3.05) is 23.7 Å². The average Bonchev–Trinajstić information content (AvgIpc) is 2.83. The topological polar surface area (TPSA) is 78.5 Å². The fourth-order valence-electron chi connectivity index (χ4n) is 4.88. The number of thioether (sulfide) groups is 1. The minimum atomic E-state index is -0.772. The highest BCUT2D eigenvalue weighted by Crippen LogP contribution is 2.36. The van der Waals surface area contributed by atoms with Crippen LogP contribution in [0.1, 0.15) is 36.8 Å². The van der Waals surface area contributed by atoms with Crippen molar-refractivity contribution in [3.63, 3.8) is 0 Å². The Labute approximate surface area is 192 Å². The predicted octanol–water partition coefficient (Wildman–Crippen LogP) is 3.86. The van der Waals surface area contributed by atoms with Crippen molar-refractivity contribution >= 4 is 40.9 Å². The van der Waals surface area contributed by atoms with Crippen LogP contribution in [0.2, 0.25) is 0 Å².